The Labute approximate surface area is 182 Å². The standard InChI is InChI=1S/C23H29N3O5/c1-23(2,3)31-22(28)24-17-11-12-19-18(13-17)26(14-16-9-7-6-8-10-16)15-20(30-19)21(27)25(4)29-5/h6-13,20H,14-15H2,1-5H3,(H,24,28). The van der Waals surface area contributed by atoms with Crippen molar-refractivity contribution in [3.05, 3.63) is 54.1 Å². The van der Waals surface area contributed by atoms with Gasteiger partial charge in [-0.3, -0.25) is 14.9 Å². The third-order valence-corrected chi connectivity index (χ3v) is 4.68. The van der Waals surface area contributed by atoms with E-state index >= 15 is 0 Å². The lowest BCUT2D eigenvalue weighted by Gasteiger charge is -2.36. The lowest BCUT2D eigenvalue weighted by atomic mass is 10.1. The highest BCUT2D eigenvalue weighted by atomic mass is 16.7. The lowest BCUT2D eigenvalue weighted by molar-refractivity contribution is -0.176. The van der Waals surface area contributed by atoms with E-state index in [0.717, 1.165) is 16.3 Å². The van der Waals surface area contributed by atoms with E-state index in [0.29, 0.717) is 24.5 Å². The fraction of sp³-hybridized carbons (Fsp3) is 0.391. The van der Waals surface area contributed by atoms with Crippen molar-refractivity contribution >= 4 is 23.4 Å². The first-order valence-electron chi connectivity index (χ1n) is 10.1. The summed E-state index contributed by atoms with van der Waals surface area (Å²) in [6, 6.07) is 15.2. The molecule has 166 valence electrons. The van der Waals surface area contributed by atoms with Crippen LogP contribution in [-0.2, 0) is 20.9 Å². The molecule has 8 heteroatoms. The number of anilines is 2. The minimum Gasteiger partial charge on any atom is -0.476 e. The number of carbonyl (C=O) groups excluding carboxylic acids is 2. The highest BCUT2D eigenvalue weighted by Gasteiger charge is 2.33. The third kappa shape index (κ3) is 5.88. The first-order valence-corrected chi connectivity index (χ1v) is 10.1. The molecule has 2 aromatic rings. The van der Waals surface area contributed by atoms with Crippen LogP contribution in [0.2, 0.25) is 0 Å². The van der Waals surface area contributed by atoms with Gasteiger partial charge in [-0.15, -0.1) is 0 Å². The molecule has 0 saturated carbocycles. The fourth-order valence-corrected chi connectivity index (χ4v) is 3.23. The maximum Gasteiger partial charge on any atom is 0.412 e. The Kier molecular flexibility index (Phi) is 6.70. The summed E-state index contributed by atoms with van der Waals surface area (Å²) in [7, 11) is 2.99. The van der Waals surface area contributed by atoms with Crippen molar-refractivity contribution in [2.45, 2.75) is 39.0 Å². The molecule has 0 aromatic heterocycles. The van der Waals surface area contributed by atoms with Crippen LogP contribution in [0.1, 0.15) is 26.3 Å². The summed E-state index contributed by atoms with van der Waals surface area (Å²) in [4.78, 5) is 31.9. The Balaban J connectivity index is 1.87. The number of hydroxylamine groups is 2. The van der Waals surface area contributed by atoms with Gasteiger partial charge in [-0.05, 0) is 44.5 Å². The van der Waals surface area contributed by atoms with Crippen molar-refractivity contribution in [3.63, 3.8) is 0 Å². The smallest absolute Gasteiger partial charge is 0.412 e. The van der Waals surface area contributed by atoms with Crippen molar-refractivity contribution in [1.82, 2.24) is 5.06 Å². The van der Waals surface area contributed by atoms with Gasteiger partial charge in [0.15, 0.2) is 6.10 Å². The Morgan fingerprint density at radius 1 is 1.19 bits per heavy atom. The molecule has 0 spiro atoms. The van der Waals surface area contributed by atoms with E-state index in [1.54, 1.807) is 19.2 Å². The number of rotatable bonds is 5. The number of likely N-dealkylation sites (N-methyl/N-ethyl adjacent to an activating group) is 1. The van der Waals surface area contributed by atoms with Gasteiger partial charge in [-0.2, -0.15) is 0 Å². The number of carbonyl (C=O) groups is 2. The van der Waals surface area contributed by atoms with Crippen molar-refractivity contribution in [2.24, 2.45) is 0 Å². The van der Waals surface area contributed by atoms with Crippen molar-refractivity contribution in [2.75, 3.05) is 30.9 Å². The predicted octanol–water partition coefficient (Wildman–Crippen LogP) is 3.82. The molecule has 1 heterocycles. The van der Waals surface area contributed by atoms with Gasteiger partial charge in [0, 0.05) is 19.3 Å². The number of ether oxygens (including phenoxy) is 2. The van der Waals surface area contributed by atoms with Gasteiger partial charge in [-0.1, -0.05) is 30.3 Å². The Bertz CT molecular complexity index is 927. The van der Waals surface area contributed by atoms with E-state index in [9.17, 15) is 9.59 Å². The van der Waals surface area contributed by atoms with Crippen LogP contribution in [0.5, 0.6) is 5.75 Å². The maximum atomic E-state index is 12.7. The molecular weight excluding hydrogens is 398 g/mol. The second kappa shape index (κ2) is 9.26. The van der Waals surface area contributed by atoms with E-state index in [1.807, 2.05) is 57.2 Å². The largest absolute Gasteiger partial charge is 0.476 e. The van der Waals surface area contributed by atoms with Crippen molar-refractivity contribution in [3.8, 4) is 5.75 Å². The van der Waals surface area contributed by atoms with Crippen LogP contribution >= 0.6 is 0 Å². The third-order valence-electron chi connectivity index (χ3n) is 4.68. The average Bonchev–Trinajstić information content (AvgIpc) is 2.72. The van der Waals surface area contributed by atoms with E-state index in [2.05, 4.69) is 10.2 Å². The number of fused-ring (bicyclic) bond motifs is 1. The van der Waals surface area contributed by atoms with Gasteiger partial charge >= 0.3 is 6.09 Å². The molecule has 0 aliphatic carbocycles. The monoisotopic (exact) mass is 427 g/mol. The zero-order valence-corrected chi connectivity index (χ0v) is 18.5. The van der Waals surface area contributed by atoms with E-state index in [4.69, 9.17) is 14.3 Å². The highest BCUT2D eigenvalue weighted by Crippen LogP contribution is 2.37. The zero-order valence-electron chi connectivity index (χ0n) is 18.5. The Hall–Kier alpha value is -3.26. The molecule has 3 rings (SSSR count). The van der Waals surface area contributed by atoms with Crippen LogP contribution in [-0.4, -0.2) is 49.5 Å². The first kappa shape index (κ1) is 22.4. The molecule has 0 radical (unpaired) electrons. The predicted molar refractivity (Wildman–Crippen MR) is 118 cm³/mol. The topological polar surface area (TPSA) is 80.3 Å². The van der Waals surface area contributed by atoms with Gasteiger partial charge < -0.3 is 14.4 Å². The molecule has 1 N–H and O–H groups in total. The summed E-state index contributed by atoms with van der Waals surface area (Å²) in [5.41, 5.74) is 1.85. The molecule has 0 saturated heterocycles. The zero-order chi connectivity index (χ0) is 22.6. The molecule has 2 amide bonds. The van der Waals surface area contributed by atoms with Gasteiger partial charge in [0.05, 0.1) is 19.3 Å². The molecule has 31 heavy (non-hydrogen) atoms. The number of hydrogen-bond acceptors (Lipinski definition) is 6. The summed E-state index contributed by atoms with van der Waals surface area (Å²) < 4.78 is 11.3. The van der Waals surface area contributed by atoms with Crippen LogP contribution in [0.3, 0.4) is 0 Å². The summed E-state index contributed by atoms with van der Waals surface area (Å²) in [5, 5.41) is 3.92. The maximum absolute atomic E-state index is 12.7. The second-order valence-electron chi connectivity index (χ2n) is 8.30. The van der Waals surface area contributed by atoms with Gasteiger partial charge in [0.2, 0.25) is 0 Å². The number of amides is 2. The van der Waals surface area contributed by atoms with Crippen molar-refractivity contribution in [1.29, 1.82) is 0 Å². The molecule has 0 fully saturated rings. The Morgan fingerprint density at radius 2 is 1.90 bits per heavy atom. The molecule has 1 unspecified atom stereocenters. The molecule has 8 nitrogen and oxygen atoms in total. The van der Waals surface area contributed by atoms with Crippen molar-refractivity contribution < 1.29 is 23.9 Å². The summed E-state index contributed by atoms with van der Waals surface area (Å²) in [6.45, 7) is 6.34. The van der Waals surface area contributed by atoms with Gasteiger partial charge in [0.1, 0.15) is 11.4 Å². The minimum absolute atomic E-state index is 0.276. The minimum atomic E-state index is -0.717. The first-order chi connectivity index (χ1) is 14.7. The summed E-state index contributed by atoms with van der Waals surface area (Å²) in [5.74, 6) is 0.280. The fourth-order valence-electron chi connectivity index (χ4n) is 3.23. The number of benzene rings is 2. The normalized spacial score (nSPS) is 15.5. The molecule has 1 atom stereocenters. The molecule has 2 aromatic carbocycles. The molecule has 1 aliphatic rings. The quantitative estimate of drug-likeness (QED) is 0.731. The number of nitrogens with one attached hydrogen (secondary N) is 1. The van der Waals surface area contributed by atoms with Crippen LogP contribution in [0.4, 0.5) is 16.2 Å². The van der Waals surface area contributed by atoms with Gasteiger partial charge in [-0.25, -0.2) is 9.86 Å². The number of nitrogens with zero attached hydrogens (tertiary/aromatic N) is 2. The molecule has 0 bridgehead atoms. The molecule has 1 aliphatic heterocycles. The van der Waals surface area contributed by atoms with Crippen LogP contribution in [0.15, 0.2) is 48.5 Å². The average molecular weight is 428 g/mol. The van der Waals surface area contributed by atoms with Crippen LogP contribution in [0.25, 0.3) is 0 Å². The second-order valence-corrected chi connectivity index (χ2v) is 8.30. The summed E-state index contributed by atoms with van der Waals surface area (Å²) >= 11 is 0. The molecular formula is C23H29N3O5. The Morgan fingerprint density at radius 3 is 2.55 bits per heavy atom. The summed E-state index contributed by atoms with van der Waals surface area (Å²) in [6.07, 6.45) is -1.25. The van der Waals surface area contributed by atoms with Crippen LogP contribution < -0.4 is 15.0 Å². The van der Waals surface area contributed by atoms with E-state index < -0.39 is 17.8 Å². The van der Waals surface area contributed by atoms with E-state index in [1.165, 1.54) is 7.11 Å². The van der Waals surface area contributed by atoms with E-state index in [-0.39, 0.29) is 5.91 Å². The number of hydrogen-bond donors (Lipinski definition) is 1. The SMILES string of the molecule is CON(C)C(=O)C1CN(Cc2ccccc2)c2cc(NC(=O)OC(C)(C)C)ccc2O1. The highest BCUT2D eigenvalue weighted by molar-refractivity contribution is 5.87. The van der Waals surface area contributed by atoms with Crippen LogP contribution in [0, 0.1) is 0 Å². The van der Waals surface area contributed by atoms with Gasteiger partial charge in [0.25, 0.3) is 5.91 Å². The lowest BCUT2D eigenvalue weighted by Crippen LogP contribution is -2.49.